The Hall–Kier alpha value is -1.46. The van der Waals surface area contributed by atoms with E-state index >= 15 is 0 Å². The summed E-state index contributed by atoms with van der Waals surface area (Å²) in [7, 11) is 2.71. The Kier molecular flexibility index (Phi) is 4.81. The summed E-state index contributed by atoms with van der Waals surface area (Å²) in [5, 5.41) is 9.03. The Morgan fingerprint density at radius 3 is 2.39 bits per heavy atom. The van der Waals surface area contributed by atoms with Crippen molar-refractivity contribution in [3.05, 3.63) is 27.7 Å². The summed E-state index contributed by atoms with van der Waals surface area (Å²) in [5.41, 5.74) is 0.0513. The van der Waals surface area contributed by atoms with Crippen LogP contribution in [0.2, 0.25) is 10.0 Å². The zero-order valence-electron chi connectivity index (χ0n) is 9.74. The minimum atomic E-state index is -1.12. The first-order chi connectivity index (χ1) is 8.38. The van der Waals surface area contributed by atoms with Crippen molar-refractivity contribution >= 4 is 35.1 Å². The lowest BCUT2D eigenvalue weighted by Gasteiger charge is -2.18. The molecule has 0 aliphatic heterocycles. The number of ether oxygens (including phenoxy) is 1. The van der Waals surface area contributed by atoms with Gasteiger partial charge in [0, 0.05) is 7.05 Å². The lowest BCUT2D eigenvalue weighted by atomic mass is 10.1. The van der Waals surface area contributed by atoms with Crippen molar-refractivity contribution in [1.82, 2.24) is 4.90 Å². The maximum atomic E-state index is 12.1. The Bertz CT molecular complexity index is 490. The van der Waals surface area contributed by atoms with E-state index in [4.69, 9.17) is 33.0 Å². The largest absolute Gasteiger partial charge is 0.494 e. The molecule has 18 heavy (non-hydrogen) atoms. The number of carbonyl (C=O) groups is 2. The van der Waals surface area contributed by atoms with Crippen molar-refractivity contribution in [2.45, 2.75) is 0 Å². The normalized spacial score (nSPS) is 10.0. The molecule has 0 fully saturated rings. The lowest BCUT2D eigenvalue weighted by Crippen LogP contribution is -2.32. The molecule has 7 heteroatoms. The molecule has 1 rings (SSSR count). The maximum absolute atomic E-state index is 12.1. The van der Waals surface area contributed by atoms with Crippen LogP contribution in [0, 0.1) is 0 Å². The van der Waals surface area contributed by atoms with Gasteiger partial charge in [-0.2, -0.15) is 0 Å². The summed E-state index contributed by atoms with van der Waals surface area (Å²) in [6, 6.07) is 2.95. The van der Waals surface area contributed by atoms with Crippen LogP contribution in [0.25, 0.3) is 0 Å². The second-order valence-corrected chi connectivity index (χ2v) is 4.31. The van der Waals surface area contributed by atoms with Crippen molar-refractivity contribution < 1.29 is 19.4 Å². The van der Waals surface area contributed by atoms with Crippen LogP contribution in [0.1, 0.15) is 10.4 Å². The first-order valence-corrected chi connectivity index (χ1v) is 5.63. The highest BCUT2D eigenvalue weighted by molar-refractivity contribution is 6.37. The van der Waals surface area contributed by atoms with Gasteiger partial charge in [0.15, 0.2) is 5.75 Å². The number of carbonyl (C=O) groups excluding carboxylic acids is 1. The van der Waals surface area contributed by atoms with Crippen LogP contribution in [0.5, 0.6) is 5.75 Å². The number of rotatable bonds is 4. The van der Waals surface area contributed by atoms with Crippen LogP contribution < -0.4 is 4.74 Å². The molecule has 0 saturated heterocycles. The molecule has 1 amide bonds. The molecular weight excluding hydrogens is 281 g/mol. The summed E-state index contributed by atoms with van der Waals surface area (Å²) >= 11 is 11.8. The first kappa shape index (κ1) is 14.6. The topological polar surface area (TPSA) is 66.8 Å². The fourth-order valence-corrected chi connectivity index (χ4v) is 1.86. The molecule has 0 aromatic heterocycles. The quantitative estimate of drug-likeness (QED) is 0.923. The molecule has 1 aromatic rings. The number of benzene rings is 1. The number of methoxy groups -OCH3 is 1. The third-order valence-corrected chi connectivity index (χ3v) is 2.81. The fraction of sp³-hybridized carbons (Fsp3) is 0.273. The van der Waals surface area contributed by atoms with Gasteiger partial charge >= 0.3 is 5.97 Å². The number of hydrogen-bond donors (Lipinski definition) is 1. The van der Waals surface area contributed by atoms with Gasteiger partial charge in [0.05, 0.1) is 17.2 Å². The van der Waals surface area contributed by atoms with Gasteiger partial charge in [0.25, 0.3) is 5.91 Å². The van der Waals surface area contributed by atoms with Crippen LogP contribution in [-0.4, -0.2) is 42.6 Å². The Balaban J connectivity index is 3.19. The minimum absolute atomic E-state index is 0.0513. The van der Waals surface area contributed by atoms with Crippen LogP contribution in [0.4, 0.5) is 0 Å². The molecular formula is C11H11Cl2NO4. The zero-order valence-corrected chi connectivity index (χ0v) is 11.2. The van der Waals surface area contributed by atoms with Gasteiger partial charge in [-0.1, -0.05) is 23.2 Å². The third-order valence-electron chi connectivity index (χ3n) is 2.20. The molecule has 0 radical (unpaired) electrons. The predicted octanol–water partition coefficient (Wildman–Crippen LogP) is 2.16. The Morgan fingerprint density at radius 2 is 1.89 bits per heavy atom. The SMILES string of the molecule is COc1c(Cl)ccc(Cl)c1C(=O)N(C)CC(=O)O. The van der Waals surface area contributed by atoms with Crippen molar-refractivity contribution in [3.8, 4) is 5.75 Å². The summed E-state index contributed by atoms with van der Waals surface area (Å²) in [4.78, 5) is 23.7. The van der Waals surface area contributed by atoms with Crippen LogP contribution in [0.3, 0.4) is 0 Å². The van der Waals surface area contributed by atoms with Crippen molar-refractivity contribution in [2.24, 2.45) is 0 Å². The van der Waals surface area contributed by atoms with Crippen molar-refractivity contribution in [3.63, 3.8) is 0 Å². The van der Waals surface area contributed by atoms with E-state index < -0.39 is 18.4 Å². The lowest BCUT2D eigenvalue weighted by molar-refractivity contribution is -0.137. The maximum Gasteiger partial charge on any atom is 0.323 e. The van der Waals surface area contributed by atoms with E-state index in [-0.39, 0.29) is 21.4 Å². The molecule has 0 aliphatic rings. The molecule has 0 atom stereocenters. The van der Waals surface area contributed by atoms with E-state index in [9.17, 15) is 9.59 Å². The second kappa shape index (κ2) is 5.93. The number of nitrogens with zero attached hydrogens (tertiary/aromatic N) is 1. The number of halogens is 2. The highest BCUT2D eigenvalue weighted by Crippen LogP contribution is 2.34. The molecule has 98 valence electrons. The third kappa shape index (κ3) is 3.05. The Morgan fingerprint density at radius 1 is 1.33 bits per heavy atom. The smallest absolute Gasteiger partial charge is 0.323 e. The molecule has 0 bridgehead atoms. The van der Waals surface area contributed by atoms with Gasteiger partial charge in [-0.15, -0.1) is 0 Å². The van der Waals surface area contributed by atoms with E-state index in [2.05, 4.69) is 0 Å². The number of likely N-dealkylation sites (N-methyl/N-ethyl adjacent to an activating group) is 1. The molecule has 0 aliphatic carbocycles. The Labute approximate surface area is 114 Å². The number of aliphatic carboxylic acids is 1. The summed E-state index contributed by atoms with van der Waals surface area (Å²) in [6.07, 6.45) is 0. The zero-order chi connectivity index (χ0) is 13.9. The van der Waals surface area contributed by atoms with E-state index in [1.165, 1.54) is 26.3 Å². The number of amides is 1. The van der Waals surface area contributed by atoms with Gasteiger partial charge in [-0.25, -0.2) is 0 Å². The van der Waals surface area contributed by atoms with Gasteiger partial charge in [0.1, 0.15) is 12.1 Å². The van der Waals surface area contributed by atoms with Gasteiger partial charge in [-0.05, 0) is 12.1 Å². The molecule has 5 nitrogen and oxygen atoms in total. The van der Waals surface area contributed by atoms with Crippen molar-refractivity contribution in [2.75, 3.05) is 20.7 Å². The fourth-order valence-electron chi connectivity index (χ4n) is 1.40. The summed E-state index contributed by atoms with van der Waals surface area (Å²) in [5.74, 6) is -1.56. The van der Waals surface area contributed by atoms with Crippen LogP contribution in [-0.2, 0) is 4.79 Å². The molecule has 0 unspecified atom stereocenters. The highest BCUT2D eigenvalue weighted by Gasteiger charge is 2.23. The van der Waals surface area contributed by atoms with Gasteiger partial charge in [0.2, 0.25) is 0 Å². The van der Waals surface area contributed by atoms with E-state index in [0.717, 1.165) is 4.90 Å². The summed E-state index contributed by atoms with van der Waals surface area (Å²) < 4.78 is 5.02. The van der Waals surface area contributed by atoms with Crippen LogP contribution >= 0.6 is 23.2 Å². The van der Waals surface area contributed by atoms with E-state index in [1.54, 1.807) is 0 Å². The average Bonchev–Trinajstić information content (AvgIpc) is 2.29. The molecule has 0 heterocycles. The predicted molar refractivity (Wildman–Crippen MR) is 67.6 cm³/mol. The average molecular weight is 292 g/mol. The highest BCUT2D eigenvalue weighted by atomic mass is 35.5. The standard InChI is InChI=1S/C11H11Cl2NO4/c1-14(5-8(15)16)11(17)9-6(12)3-4-7(13)10(9)18-2/h3-4H,5H2,1-2H3,(H,15,16). The van der Waals surface area contributed by atoms with Crippen molar-refractivity contribution in [1.29, 1.82) is 0 Å². The summed E-state index contributed by atoms with van der Waals surface area (Å²) in [6.45, 7) is -0.440. The molecule has 1 aromatic carbocycles. The van der Waals surface area contributed by atoms with Crippen LogP contribution in [0.15, 0.2) is 12.1 Å². The second-order valence-electron chi connectivity index (χ2n) is 3.49. The molecule has 0 saturated carbocycles. The molecule has 1 N–H and O–H groups in total. The minimum Gasteiger partial charge on any atom is -0.494 e. The number of carboxylic acid groups (broad SMARTS) is 1. The number of carboxylic acids is 1. The molecule has 0 spiro atoms. The first-order valence-electron chi connectivity index (χ1n) is 4.87. The monoisotopic (exact) mass is 291 g/mol. The number of hydrogen-bond acceptors (Lipinski definition) is 3. The van der Waals surface area contributed by atoms with Gasteiger partial charge < -0.3 is 14.7 Å². The van der Waals surface area contributed by atoms with E-state index in [1.807, 2.05) is 0 Å². The van der Waals surface area contributed by atoms with E-state index in [0.29, 0.717) is 0 Å². The van der Waals surface area contributed by atoms with Gasteiger partial charge in [-0.3, -0.25) is 9.59 Å².